The first-order valence-corrected chi connectivity index (χ1v) is 16.3. The van der Waals surface area contributed by atoms with Gasteiger partial charge in [0.25, 0.3) is 0 Å². The number of ether oxygens (including phenoxy) is 2. The number of halogens is 3. The van der Waals surface area contributed by atoms with Crippen molar-refractivity contribution in [3.8, 4) is 11.1 Å². The summed E-state index contributed by atoms with van der Waals surface area (Å²) in [5.41, 5.74) is 5.11. The van der Waals surface area contributed by atoms with Crippen LogP contribution in [0.25, 0.3) is 11.1 Å². The van der Waals surface area contributed by atoms with E-state index >= 15 is 0 Å². The van der Waals surface area contributed by atoms with Gasteiger partial charge in [0.2, 0.25) is 5.91 Å². The first kappa shape index (κ1) is 34.1. The number of nitrogens with zero attached hydrogens (tertiary/aromatic N) is 2. The average Bonchev–Trinajstić information content (AvgIpc) is 3.75. The number of nitrogens with one attached hydrogen (secondary N) is 1. The summed E-state index contributed by atoms with van der Waals surface area (Å²) in [5, 5.41) is 22.3. The number of rotatable bonds is 9. The maximum Gasteiger partial charge on any atom is 0.471 e. The Balaban J connectivity index is 1.15. The van der Waals surface area contributed by atoms with E-state index in [2.05, 4.69) is 10.2 Å². The van der Waals surface area contributed by atoms with Crippen LogP contribution in [-0.4, -0.2) is 82.4 Å². The third kappa shape index (κ3) is 7.90. The Kier molecular flexibility index (Phi) is 10.5. The number of aliphatic hydroxyl groups excluding tert-OH is 2. The lowest BCUT2D eigenvalue weighted by Gasteiger charge is -2.38. The molecule has 0 spiro atoms. The van der Waals surface area contributed by atoms with E-state index in [0.29, 0.717) is 30.8 Å². The van der Waals surface area contributed by atoms with E-state index in [-0.39, 0.29) is 44.4 Å². The molecule has 0 saturated carbocycles. The van der Waals surface area contributed by atoms with E-state index in [9.17, 15) is 33.0 Å². The van der Waals surface area contributed by atoms with Crippen LogP contribution in [0.2, 0.25) is 0 Å². The van der Waals surface area contributed by atoms with Gasteiger partial charge in [-0.1, -0.05) is 72.8 Å². The number of carbonyl (C=O) groups is 2. The Morgan fingerprint density at radius 2 is 1.65 bits per heavy atom. The number of likely N-dealkylation sites (tertiary alicyclic amines) is 2. The van der Waals surface area contributed by atoms with Crippen molar-refractivity contribution < 1.29 is 42.4 Å². The first-order valence-electron chi connectivity index (χ1n) is 16.3. The number of hydrogen-bond acceptors (Lipinski definition) is 7. The highest BCUT2D eigenvalue weighted by Gasteiger charge is 2.47. The van der Waals surface area contributed by atoms with Crippen LogP contribution in [0.1, 0.15) is 60.3 Å². The standard InChI is InChI=1S/C36H40F3N3O6/c37-36(38,39)35(46)42-16-3-6-31(42)33(45)40-19-27-4-1-2-5-30(27)24-11-13-26(14-12-24)34-47-29(21-41-17-15-28(44)20-41)18-32(48-34)25-9-7-23(22-43)8-10-25/h1-2,4-5,7-14,28-29,31-32,34,43-44H,3,6,15-22H2,(H,40,45)/t28-,29-,31-,32+,34+/m0/s1. The second kappa shape index (κ2) is 14.8. The third-order valence-electron chi connectivity index (χ3n) is 9.35. The largest absolute Gasteiger partial charge is 0.471 e. The lowest BCUT2D eigenvalue weighted by Crippen LogP contribution is -2.50. The zero-order chi connectivity index (χ0) is 33.8. The summed E-state index contributed by atoms with van der Waals surface area (Å²) in [6.07, 6.45) is -4.49. The van der Waals surface area contributed by atoms with Crippen LogP contribution in [0.4, 0.5) is 13.2 Å². The third-order valence-corrected chi connectivity index (χ3v) is 9.35. The van der Waals surface area contributed by atoms with Crippen LogP contribution in [0.15, 0.2) is 72.8 Å². The molecule has 12 heteroatoms. The van der Waals surface area contributed by atoms with Gasteiger partial charge >= 0.3 is 12.1 Å². The molecule has 3 aromatic rings. The number of aliphatic hydroxyl groups is 2. The SMILES string of the molecule is O=C(NCc1ccccc1-c1ccc([C@@H]2O[C@H](CN3CC[C@H](O)C3)C[C@H](c3ccc(CO)cc3)O2)cc1)[C@@H]1CCCN1C(=O)C(F)(F)F. The molecule has 0 unspecified atom stereocenters. The summed E-state index contributed by atoms with van der Waals surface area (Å²) in [6.45, 7) is 2.03. The zero-order valence-corrected chi connectivity index (χ0v) is 26.4. The smallest absolute Gasteiger partial charge is 0.392 e. The van der Waals surface area contributed by atoms with Crippen LogP contribution >= 0.6 is 0 Å². The van der Waals surface area contributed by atoms with Gasteiger partial charge in [0.15, 0.2) is 6.29 Å². The molecule has 3 aromatic carbocycles. The normalized spacial score (nSPS) is 24.9. The lowest BCUT2D eigenvalue weighted by atomic mass is 9.97. The monoisotopic (exact) mass is 667 g/mol. The topological polar surface area (TPSA) is 112 Å². The summed E-state index contributed by atoms with van der Waals surface area (Å²) >= 11 is 0. The van der Waals surface area contributed by atoms with E-state index in [0.717, 1.165) is 46.3 Å². The Labute approximate surface area is 277 Å². The Bertz CT molecular complexity index is 1570. The highest BCUT2D eigenvalue weighted by atomic mass is 19.4. The zero-order valence-electron chi connectivity index (χ0n) is 26.4. The molecule has 3 saturated heterocycles. The fraction of sp³-hybridized carbons (Fsp3) is 0.444. The van der Waals surface area contributed by atoms with Crippen molar-refractivity contribution in [1.82, 2.24) is 15.1 Å². The highest BCUT2D eigenvalue weighted by molar-refractivity contribution is 5.90. The molecular weight excluding hydrogens is 627 g/mol. The lowest BCUT2D eigenvalue weighted by molar-refractivity contribution is -0.252. The number of hydrogen-bond donors (Lipinski definition) is 3. The van der Waals surface area contributed by atoms with Crippen molar-refractivity contribution in [3.63, 3.8) is 0 Å². The average molecular weight is 668 g/mol. The van der Waals surface area contributed by atoms with Crippen LogP contribution in [-0.2, 0) is 32.2 Å². The van der Waals surface area contributed by atoms with Gasteiger partial charge in [0, 0.05) is 44.7 Å². The van der Waals surface area contributed by atoms with E-state index in [4.69, 9.17) is 9.47 Å². The molecule has 3 aliphatic heterocycles. The van der Waals surface area contributed by atoms with E-state index in [1.165, 1.54) is 0 Å². The fourth-order valence-corrected chi connectivity index (χ4v) is 6.82. The Morgan fingerprint density at radius 3 is 2.33 bits per heavy atom. The van der Waals surface area contributed by atoms with Gasteiger partial charge in [-0.15, -0.1) is 0 Å². The van der Waals surface area contributed by atoms with Crippen molar-refractivity contribution in [3.05, 3.63) is 95.1 Å². The van der Waals surface area contributed by atoms with Crippen LogP contribution in [0, 0.1) is 0 Å². The molecule has 3 N–H and O–H groups in total. The molecule has 0 aliphatic carbocycles. The predicted molar refractivity (Wildman–Crippen MR) is 170 cm³/mol. The molecule has 9 nitrogen and oxygen atoms in total. The second-order valence-electron chi connectivity index (χ2n) is 12.7. The summed E-state index contributed by atoms with van der Waals surface area (Å²) in [7, 11) is 0. The highest BCUT2D eigenvalue weighted by Crippen LogP contribution is 2.39. The molecule has 256 valence electrons. The summed E-state index contributed by atoms with van der Waals surface area (Å²) in [4.78, 5) is 27.6. The minimum absolute atomic E-state index is 0.0403. The van der Waals surface area contributed by atoms with Crippen molar-refractivity contribution in [1.29, 1.82) is 0 Å². The molecule has 0 radical (unpaired) electrons. The molecule has 2 amide bonds. The van der Waals surface area contributed by atoms with E-state index < -0.39 is 30.3 Å². The number of benzene rings is 3. The van der Waals surface area contributed by atoms with E-state index in [1.54, 1.807) is 0 Å². The summed E-state index contributed by atoms with van der Waals surface area (Å²) in [6, 6.07) is 21.7. The Morgan fingerprint density at radius 1 is 0.917 bits per heavy atom. The maximum absolute atomic E-state index is 13.1. The fourth-order valence-electron chi connectivity index (χ4n) is 6.82. The van der Waals surface area contributed by atoms with Crippen molar-refractivity contribution in [2.75, 3.05) is 26.2 Å². The van der Waals surface area contributed by atoms with Gasteiger partial charge in [0.05, 0.1) is 24.9 Å². The number of β-amino-alcohol motifs (C(OH)–C–C–N with tert-alkyl or cyclic N) is 1. The molecule has 0 bridgehead atoms. The van der Waals surface area contributed by atoms with Crippen molar-refractivity contribution in [2.24, 2.45) is 0 Å². The molecule has 3 heterocycles. The molecule has 0 aromatic heterocycles. The molecule has 6 rings (SSSR count). The quantitative estimate of drug-likeness (QED) is 0.305. The molecule has 48 heavy (non-hydrogen) atoms. The summed E-state index contributed by atoms with van der Waals surface area (Å²) < 4.78 is 52.1. The molecule has 3 aliphatic rings. The molecule has 5 atom stereocenters. The molecule has 3 fully saturated rings. The first-order chi connectivity index (χ1) is 23.1. The summed E-state index contributed by atoms with van der Waals surface area (Å²) in [5.74, 6) is -2.60. The number of alkyl halides is 3. The van der Waals surface area contributed by atoms with Gasteiger partial charge in [-0.25, -0.2) is 0 Å². The van der Waals surface area contributed by atoms with E-state index in [1.807, 2.05) is 72.8 Å². The Hall–Kier alpha value is -3.81. The van der Waals surface area contributed by atoms with Gasteiger partial charge in [-0.05, 0) is 47.1 Å². The van der Waals surface area contributed by atoms with Crippen molar-refractivity contribution in [2.45, 2.75) is 75.7 Å². The number of carbonyl (C=O) groups excluding carboxylic acids is 2. The second-order valence-corrected chi connectivity index (χ2v) is 12.7. The minimum Gasteiger partial charge on any atom is -0.392 e. The number of amides is 2. The predicted octanol–water partition coefficient (Wildman–Crippen LogP) is 4.63. The van der Waals surface area contributed by atoms with Crippen molar-refractivity contribution >= 4 is 11.8 Å². The van der Waals surface area contributed by atoms with Gasteiger partial charge in [-0.3, -0.25) is 14.5 Å². The van der Waals surface area contributed by atoms with Crippen LogP contribution < -0.4 is 5.32 Å². The minimum atomic E-state index is -5.03. The van der Waals surface area contributed by atoms with Crippen LogP contribution in [0.3, 0.4) is 0 Å². The van der Waals surface area contributed by atoms with Gasteiger partial charge in [0.1, 0.15) is 6.04 Å². The van der Waals surface area contributed by atoms with Gasteiger partial charge < -0.3 is 29.9 Å². The van der Waals surface area contributed by atoms with Crippen LogP contribution in [0.5, 0.6) is 0 Å². The van der Waals surface area contributed by atoms with Gasteiger partial charge in [-0.2, -0.15) is 13.2 Å². The molecular formula is C36H40F3N3O6. The maximum atomic E-state index is 13.1.